The molecule has 1 fully saturated rings. The molecule has 30 heavy (non-hydrogen) atoms. The minimum absolute atomic E-state index is 0.0431. The molecule has 4 nitrogen and oxygen atoms in total. The number of hydrogen-bond donors (Lipinski definition) is 1. The molecule has 1 heterocycles. The standard InChI is InChI=1S/C24H21FN2O2S/c25-19-7-4-8-21(15-19)27-23(29)16-30-24(27)18-10-12-20(13-11-18)26-22(28)14-9-17-5-2-1-3-6-17/h1-8,10-13,15,24H,9,14,16H2,(H,26,28)/t24-/m0/s1. The van der Waals surface area contributed by atoms with E-state index in [9.17, 15) is 14.0 Å². The summed E-state index contributed by atoms with van der Waals surface area (Å²) in [5, 5.41) is 2.69. The fraction of sp³-hybridized carbons (Fsp3) is 0.167. The van der Waals surface area contributed by atoms with Crippen molar-refractivity contribution in [3.63, 3.8) is 0 Å². The maximum atomic E-state index is 13.6. The second-order valence-corrected chi connectivity index (χ2v) is 8.13. The summed E-state index contributed by atoms with van der Waals surface area (Å²) in [7, 11) is 0. The molecule has 6 heteroatoms. The Kier molecular flexibility index (Phi) is 6.14. The van der Waals surface area contributed by atoms with E-state index < -0.39 is 0 Å². The molecule has 3 aromatic rings. The number of thioether (sulfide) groups is 1. The summed E-state index contributed by atoms with van der Waals surface area (Å²) in [6, 6.07) is 23.4. The Hall–Kier alpha value is -3.12. The zero-order valence-electron chi connectivity index (χ0n) is 16.3. The molecule has 1 aliphatic heterocycles. The summed E-state index contributed by atoms with van der Waals surface area (Å²) in [6.45, 7) is 0. The van der Waals surface area contributed by atoms with Crippen molar-refractivity contribution < 1.29 is 14.0 Å². The number of carbonyl (C=O) groups excluding carboxylic acids is 2. The SMILES string of the molecule is O=C(CCc1ccccc1)Nc1ccc([C@@H]2SCC(=O)N2c2cccc(F)c2)cc1. The molecule has 0 radical (unpaired) electrons. The Morgan fingerprint density at radius 1 is 1.03 bits per heavy atom. The van der Waals surface area contributed by atoms with E-state index in [-0.39, 0.29) is 23.0 Å². The van der Waals surface area contributed by atoms with Crippen molar-refractivity contribution in [2.75, 3.05) is 16.0 Å². The minimum atomic E-state index is -0.371. The van der Waals surface area contributed by atoms with Gasteiger partial charge in [0.15, 0.2) is 0 Å². The molecule has 4 rings (SSSR count). The molecular formula is C24H21FN2O2S. The quantitative estimate of drug-likeness (QED) is 0.598. The predicted octanol–water partition coefficient (Wildman–Crippen LogP) is 5.18. The average Bonchev–Trinajstić information content (AvgIpc) is 3.15. The van der Waals surface area contributed by atoms with Crippen molar-refractivity contribution in [3.8, 4) is 0 Å². The predicted molar refractivity (Wildman–Crippen MR) is 119 cm³/mol. The molecule has 1 saturated heterocycles. The third-order valence-electron chi connectivity index (χ3n) is 4.92. The summed E-state index contributed by atoms with van der Waals surface area (Å²) in [6.07, 6.45) is 1.10. The molecule has 0 aliphatic carbocycles. The summed E-state index contributed by atoms with van der Waals surface area (Å²) >= 11 is 1.50. The number of aryl methyl sites for hydroxylation is 1. The number of nitrogens with one attached hydrogen (secondary N) is 1. The molecular weight excluding hydrogens is 399 g/mol. The minimum Gasteiger partial charge on any atom is -0.326 e. The molecule has 152 valence electrons. The van der Waals surface area contributed by atoms with Gasteiger partial charge in [0.2, 0.25) is 11.8 Å². The van der Waals surface area contributed by atoms with Gasteiger partial charge in [0.1, 0.15) is 11.2 Å². The molecule has 1 atom stereocenters. The highest BCUT2D eigenvalue weighted by Crippen LogP contribution is 2.42. The Labute approximate surface area is 179 Å². The van der Waals surface area contributed by atoms with Crippen LogP contribution in [0.3, 0.4) is 0 Å². The van der Waals surface area contributed by atoms with Crippen LogP contribution in [0.15, 0.2) is 78.9 Å². The second-order valence-electron chi connectivity index (χ2n) is 7.06. The number of rotatable bonds is 6. The van der Waals surface area contributed by atoms with Crippen molar-refractivity contribution in [1.29, 1.82) is 0 Å². The first-order chi connectivity index (χ1) is 14.6. The third-order valence-corrected chi connectivity index (χ3v) is 6.13. The summed E-state index contributed by atoms with van der Waals surface area (Å²) in [4.78, 5) is 26.3. The van der Waals surface area contributed by atoms with Crippen molar-refractivity contribution >= 4 is 35.0 Å². The highest BCUT2D eigenvalue weighted by atomic mass is 32.2. The van der Waals surface area contributed by atoms with Crippen LogP contribution in [0.5, 0.6) is 0 Å². The Balaban J connectivity index is 1.41. The van der Waals surface area contributed by atoms with Gasteiger partial charge < -0.3 is 5.32 Å². The van der Waals surface area contributed by atoms with E-state index in [1.54, 1.807) is 17.0 Å². The zero-order chi connectivity index (χ0) is 20.9. The van der Waals surface area contributed by atoms with Crippen LogP contribution in [0.4, 0.5) is 15.8 Å². The van der Waals surface area contributed by atoms with E-state index in [0.29, 0.717) is 30.0 Å². The molecule has 1 aliphatic rings. The van der Waals surface area contributed by atoms with Crippen LogP contribution in [0, 0.1) is 5.82 Å². The van der Waals surface area contributed by atoms with Crippen molar-refractivity contribution in [2.45, 2.75) is 18.2 Å². The van der Waals surface area contributed by atoms with Crippen LogP contribution in [-0.4, -0.2) is 17.6 Å². The highest BCUT2D eigenvalue weighted by Gasteiger charge is 2.34. The Morgan fingerprint density at radius 3 is 2.53 bits per heavy atom. The van der Waals surface area contributed by atoms with E-state index in [4.69, 9.17) is 0 Å². The third kappa shape index (κ3) is 4.71. The van der Waals surface area contributed by atoms with Crippen molar-refractivity contribution in [2.24, 2.45) is 0 Å². The monoisotopic (exact) mass is 420 g/mol. The van der Waals surface area contributed by atoms with Gasteiger partial charge in [-0.05, 0) is 47.9 Å². The summed E-state index contributed by atoms with van der Waals surface area (Å²) < 4.78 is 13.6. The molecule has 0 saturated carbocycles. The number of nitrogens with zero attached hydrogens (tertiary/aromatic N) is 1. The molecule has 1 N–H and O–H groups in total. The highest BCUT2D eigenvalue weighted by molar-refractivity contribution is 8.00. The molecule has 0 aromatic heterocycles. The summed E-state index contributed by atoms with van der Waals surface area (Å²) in [5.74, 6) is -0.115. The van der Waals surface area contributed by atoms with E-state index in [1.165, 1.54) is 23.9 Å². The van der Waals surface area contributed by atoms with Gasteiger partial charge in [-0.2, -0.15) is 0 Å². The lowest BCUT2D eigenvalue weighted by Gasteiger charge is -2.24. The Morgan fingerprint density at radius 2 is 1.80 bits per heavy atom. The van der Waals surface area contributed by atoms with Gasteiger partial charge in [0.25, 0.3) is 0 Å². The first-order valence-electron chi connectivity index (χ1n) is 9.73. The molecule has 0 unspecified atom stereocenters. The maximum absolute atomic E-state index is 13.6. The van der Waals surface area contributed by atoms with E-state index in [0.717, 1.165) is 11.1 Å². The lowest BCUT2D eigenvalue weighted by molar-refractivity contribution is -0.116. The summed E-state index contributed by atoms with van der Waals surface area (Å²) in [5.41, 5.74) is 3.32. The molecule has 0 spiro atoms. The van der Waals surface area contributed by atoms with Crippen LogP contribution in [0.2, 0.25) is 0 Å². The second kappa shape index (κ2) is 9.13. The fourth-order valence-electron chi connectivity index (χ4n) is 3.43. The van der Waals surface area contributed by atoms with E-state index in [1.807, 2.05) is 54.6 Å². The normalized spacial score (nSPS) is 16.0. The molecule has 2 amide bonds. The van der Waals surface area contributed by atoms with Gasteiger partial charge in [0.05, 0.1) is 5.75 Å². The lowest BCUT2D eigenvalue weighted by Crippen LogP contribution is -2.27. The van der Waals surface area contributed by atoms with Crippen LogP contribution in [0.25, 0.3) is 0 Å². The number of benzene rings is 3. The Bertz CT molecular complexity index is 1040. The first-order valence-corrected chi connectivity index (χ1v) is 10.8. The van der Waals surface area contributed by atoms with Crippen molar-refractivity contribution in [1.82, 2.24) is 0 Å². The van der Waals surface area contributed by atoms with Gasteiger partial charge in [-0.25, -0.2) is 4.39 Å². The van der Waals surface area contributed by atoms with Crippen LogP contribution >= 0.6 is 11.8 Å². The van der Waals surface area contributed by atoms with Gasteiger partial charge in [-0.1, -0.05) is 48.5 Å². The first kappa shape index (κ1) is 20.2. The van der Waals surface area contributed by atoms with Crippen LogP contribution in [0.1, 0.15) is 22.9 Å². The van der Waals surface area contributed by atoms with Gasteiger partial charge >= 0.3 is 0 Å². The van der Waals surface area contributed by atoms with Gasteiger partial charge in [0, 0.05) is 17.8 Å². The van der Waals surface area contributed by atoms with Gasteiger partial charge in [-0.15, -0.1) is 11.8 Å². The number of anilines is 2. The van der Waals surface area contributed by atoms with Crippen LogP contribution in [-0.2, 0) is 16.0 Å². The fourth-order valence-corrected chi connectivity index (χ4v) is 4.61. The maximum Gasteiger partial charge on any atom is 0.238 e. The molecule has 3 aromatic carbocycles. The molecule has 0 bridgehead atoms. The van der Waals surface area contributed by atoms with E-state index in [2.05, 4.69) is 5.32 Å². The lowest BCUT2D eigenvalue weighted by atomic mass is 10.1. The largest absolute Gasteiger partial charge is 0.326 e. The number of hydrogen-bond acceptors (Lipinski definition) is 3. The zero-order valence-corrected chi connectivity index (χ0v) is 17.1. The van der Waals surface area contributed by atoms with E-state index >= 15 is 0 Å². The smallest absolute Gasteiger partial charge is 0.238 e. The van der Waals surface area contributed by atoms with Crippen molar-refractivity contribution in [3.05, 3.63) is 95.8 Å². The average molecular weight is 421 g/mol. The van der Waals surface area contributed by atoms with Gasteiger partial charge in [-0.3, -0.25) is 14.5 Å². The number of halogens is 1. The number of carbonyl (C=O) groups is 2. The van der Waals surface area contributed by atoms with Crippen LogP contribution < -0.4 is 10.2 Å². The topological polar surface area (TPSA) is 49.4 Å². The number of amides is 2.